The van der Waals surface area contributed by atoms with E-state index >= 15 is 0 Å². The zero-order chi connectivity index (χ0) is 30.0. The minimum Gasteiger partial charge on any atom is -0.495 e. The second-order valence-corrected chi connectivity index (χ2v) is 12.8. The predicted molar refractivity (Wildman–Crippen MR) is 167 cm³/mol. The fraction of sp³-hybridized carbons (Fsp3) is 0.333. The van der Waals surface area contributed by atoms with Crippen molar-refractivity contribution in [2.45, 2.75) is 38.8 Å². The van der Waals surface area contributed by atoms with E-state index in [1.165, 1.54) is 18.1 Å². The quantitative estimate of drug-likeness (QED) is 0.232. The van der Waals surface area contributed by atoms with Crippen molar-refractivity contribution in [1.82, 2.24) is 10.2 Å². The van der Waals surface area contributed by atoms with Crippen molar-refractivity contribution >= 4 is 55.1 Å². The maximum atomic E-state index is 14.2. The van der Waals surface area contributed by atoms with Crippen LogP contribution in [0.25, 0.3) is 0 Å². The highest BCUT2D eigenvalue weighted by Gasteiger charge is 2.33. The Morgan fingerprint density at radius 3 is 2.32 bits per heavy atom. The van der Waals surface area contributed by atoms with E-state index in [1.54, 1.807) is 12.1 Å². The number of amides is 2. The van der Waals surface area contributed by atoms with Gasteiger partial charge >= 0.3 is 0 Å². The molecule has 1 N–H and O–H groups in total. The zero-order valence-corrected chi connectivity index (χ0v) is 26.5. The molecule has 0 aliphatic carbocycles. The monoisotopic (exact) mass is 663 g/mol. The van der Waals surface area contributed by atoms with Gasteiger partial charge in [0.25, 0.3) is 0 Å². The van der Waals surface area contributed by atoms with Crippen molar-refractivity contribution < 1.29 is 22.7 Å². The molecule has 1 atom stereocenters. The summed E-state index contributed by atoms with van der Waals surface area (Å²) in [4.78, 5) is 29.2. The molecular weight excluding hydrogens is 630 g/mol. The van der Waals surface area contributed by atoms with Crippen molar-refractivity contribution in [3.63, 3.8) is 0 Å². The number of sulfonamides is 1. The number of unbranched alkanes of at least 4 members (excludes halogenated alkanes) is 1. The maximum Gasteiger partial charge on any atom is 0.244 e. The van der Waals surface area contributed by atoms with Crippen LogP contribution in [0, 0.1) is 0 Å². The molecule has 3 aromatic rings. The number of rotatable bonds is 14. The van der Waals surface area contributed by atoms with Crippen LogP contribution < -0.4 is 14.4 Å². The third-order valence-corrected chi connectivity index (χ3v) is 8.35. The van der Waals surface area contributed by atoms with Crippen LogP contribution in [0.3, 0.4) is 0 Å². The number of carbonyl (C=O) groups is 2. The minimum absolute atomic E-state index is 0.0924. The predicted octanol–water partition coefficient (Wildman–Crippen LogP) is 5.43. The van der Waals surface area contributed by atoms with Crippen molar-refractivity contribution in [2.75, 3.05) is 30.8 Å². The molecule has 11 heteroatoms. The van der Waals surface area contributed by atoms with Crippen LogP contribution in [-0.2, 0) is 32.6 Å². The number of hydrogen-bond donors (Lipinski definition) is 1. The third-order valence-electron chi connectivity index (χ3n) is 6.46. The molecule has 0 aliphatic heterocycles. The molecule has 0 radical (unpaired) electrons. The lowest BCUT2D eigenvalue weighted by atomic mass is 10.0. The van der Waals surface area contributed by atoms with Crippen LogP contribution in [-0.4, -0.2) is 57.6 Å². The summed E-state index contributed by atoms with van der Waals surface area (Å²) in [5.41, 5.74) is 1.78. The standard InChI is InChI=1S/C30H35BrClN3O5S/c1-4-5-17-33-30(37)27(18-22-9-7-6-8-10-22)34(20-23-11-13-24(31)14-12-23)29(36)21-35(41(3,38)39)26-19-25(32)15-16-28(26)40-2/h6-16,19,27H,4-5,17-18,20-21H2,1-3H3,(H,33,37). The average Bonchev–Trinajstić information content (AvgIpc) is 2.94. The van der Waals surface area contributed by atoms with Gasteiger partial charge in [-0.15, -0.1) is 0 Å². The van der Waals surface area contributed by atoms with E-state index < -0.39 is 28.5 Å². The second kappa shape index (κ2) is 15.2. The van der Waals surface area contributed by atoms with E-state index in [0.29, 0.717) is 6.54 Å². The molecule has 0 heterocycles. The average molecular weight is 665 g/mol. The molecule has 0 aliphatic rings. The Kier molecular flexibility index (Phi) is 12.1. The highest BCUT2D eigenvalue weighted by atomic mass is 79.9. The van der Waals surface area contributed by atoms with Gasteiger partial charge in [-0.2, -0.15) is 0 Å². The van der Waals surface area contributed by atoms with E-state index in [9.17, 15) is 18.0 Å². The molecule has 0 saturated carbocycles. The van der Waals surface area contributed by atoms with Crippen molar-refractivity contribution in [1.29, 1.82) is 0 Å². The molecule has 220 valence electrons. The van der Waals surface area contributed by atoms with E-state index in [2.05, 4.69) is 21.2 Å². The normalized spacial score (nSPS) is 11.9. The van der Waals surface area contributed by atoms with Gasteiger partial charge in [-0.05, 0) is 47.9 Å². The summed E-state index contributed by atoms with van der Waals surface area (Å²) in [6, 6.07) is 20.5. The van der Waals surface area contributed by atoms with Crippen LogP contribution in [0.2, 0.25) is 5.02 Å². The van der Waals surface area contributed by atoms with Gasteiger partial charge in [0, 0.05) is 29.0 Å². The molecule has 41 heavy (non-hydrogen) atoms. The van der Waals surface area contributed by atoms with Crippen LogP contribution >= 0.6 is 27.5 Å². The van der Waals surface area contributed by atoms with Gasteiger partial charge in [0.15, 0.2) is 0 Å². The number of anilines is 1. The molecule has 0 bridgehead atoms. The summed E-state index contributed by atoms with van der Waals surface area (Å²) < 4.78 is 33.2. The van der Waals surface area contributed by atoms with Gasteiger partial charge < -0.3 is 15.0 Å². The first kappa shape index (κ1) is 32.4. The summed E-state index contributed by atoms with van der Waals surface area (Å²) in [5, 5.41) is 3.25. The lowest BCUT2D eigenvalue weighted by molar-refractivity contribution is -0.140. The SMILES string of the molecule is CCCCNC(=O)C(Cc1ccccc1)N(Cc1ccc(Br)cc1)C(=O)CN(c1cc(Cl)ccc1OC)S(C)(=O)=O. The Bertz CT molecular complexity index is 1420. The van der Waals surface area contributed by atoms with Gasteiger partial charge in [0.05, 0.1) is 19.1 Å². The fourth-order valence-corrected chi connectivity index (χ4v) is 5.58. The fourth-order valence-electron chi connectivity index (χ4n) is 4.30. The summed E-state index contributed by atoms with van der Waals surface area (Å²) in [5.74, 6) is -0.615. The number of carbonyl (C=O) groups excluding carboxylic acids is 2. The van der Waals surface area contributed by atoms with Crippen LogP contribution in [0.15, 0.2) is 77.3 Å². The minimum atomic E-state index is -3.96. The van der Waals surface area contributed by atoms with Gasteiger partial charge in [-0.25, -0.2) is 8.42 Å². The molecule has 0 fully saturated rings. The zero-order valence-electron chi connectivity index (χ0n) is 23.3. The molecule has 0 spiro atoms. The van der Waals surface area contributed by atoms with E-state index in [1.807, 2.05) is 61.5 Å². The summed E-state index contributed by atoms with van der Waals surface area (Å²) in [7, 11) is -2.55. The number of hydrogen-bond acceptors (Lipinski definition) is 5. The van der Waals surface area contributed by atoms with E-state index in [4.69, 9.17) is 16.3 Å². The number of nitrogens with one attached hydrogen (secondary N) is 1. The van der Waals surface area contributed by atoms with Crippen LogP contribution in [0.1, 0.15) is 30.9 Å². The number of halogens is 2. The Labute approximate surface area is 255 Å². The van der Waals surface area contributed by atoms with Crippen LogP contribution in [0.5, 0.6) is 5.75 Å². The first-order chi connectivity index (χ1) is 19.5. The van der Waals surface area contributed by atoms with Crippen LogP contribution in [0.4, 0.5) is 5.69 Å². The molecule has 0 aromatic heterocycles. The Hall–Kier alpha value is -3.08. The molecule has 0 saturated heterocycles. The lowest BCUT2D eigenvalue weighted by Crippen LogP contribution is -2.53. The first-order valence-electron chi connectivity index (χ1n) is 13.2. The van der Waals surface area contributed by atoms with Gasteiger partial charge in [0.1, 0.15) is 18.3 Å². The second-order valence-electron chi connectivity index (χ2n) is 9.58. The largest absolute Gasteiger partial charge is 0.495 e. The van der Waals surface area contributed by atoms with Gasteiger partial charge in [0.2, 0.25) is 21.8 Å². The van der Waals surface area contributed by atoms with Crippen molar-refractivity contribution in [3.05, 3.63) is 93.4 Å². The highest BCUT2D eigenvalue weighted by Crippen LogP contribution is 2.33. The maximum absolute atomic E-state index is 14.2. The molecule has 1 unspecified atom stereocenters. The number of nitrogens with zero attached hydrogens (tertiary/aromatic N) is 2. The molecule has 3 rings (SSSR count). The lowest BCUT2D eigenvalue weighted by Gasteiger charge is -2.33. The molecule has 3 aromatic carbocycles. The number of benzene rings is 3. The Morgan fingerprint density at radius 2 is 1.71 bits per heavy atom. The van der Waals surface area contributed by atoms with E-state index in [0.717, 1.165) is 39.0 Å². The first-order valence-corrected chi connectivity index (χ1v) is 16.2. The summed E-state index contributed by atoms with van der Waals surface area (Å²) in [6.07, 6.45) is 2.95. The summed E-state index contributed by atoms with van der Waals surface area (Å²) >= 11 is 9.63. The summed E-state index contributed by atoms with van der Waals surface area (Å²) in [6.45, 7) is 2.03. The smallest absolute Gasteiger partial charge is 0.244 e. The van der Waals surface area contributed by atoms with Crippen molar-refractivity contribution in [3.8, 4) is 5.75 Å². The molecule has 8 nitrogen and oxygen atoms in total. The Morgan fingerprint density at radius 1 is 1.02 bits per heavy atom. The number of ether oxygens (including phenoxy) is 1. The van der Waals surface area contributed by atoms with Gasteiger partial charge in [-0.1, -0.05) is 83.3 Å². The number of methoxy groups -OCH3 is 1. The topological polar surface area (TPSA) is 96.0 Å². The van der Waals surface area contributed by atoms with E-state index in [-0.39, 0.29) is 35.3 Å². The van der Waals surface area contributed by atoms with Gasteiger partial charge in [-0.3, -0.25) is 13.9 Å². The molecular formula is C30H35BrClN3O5S. The molecule has 2 amide bonds. The highest BCUT2D eigenvalue weighted by molar-refractivity contribution is 9.10. The third kappa shape index (κ3) is 9.48. The Balaban J connectivity index is 2.07. The van der Waals surface area contributed by atoms with Crippen molar-refractivity contribution in [2.24, 2.45) is 0 Å².